The Balaban J connectivity index is 2.52. The molecule has 1 aliphatic rings. The average Bonchev–Trinajstić information content (AvgIpc) is 2.64. The Labute approximate surface area is 97.1 Å². The zero-order valence-electron chi connectivity index (χ0n) is 8.58. The molecule has 3 N–H and O–H groups in total. The fourth-order valence-corrected chi connectivity index (χ4v) is 2.91. The molecule has 2 aromatic rings. The fourth-order valence-electron chi connectivity index (χ4n) is 1.87. The van der Waals surface area contributed by atoms with Crippen LogP contribution in [-0.2, 0) is 9.84 Å². The lowest BCUT2D eigenvalue weighted by Gasteiger charge is -2.07. The normalized spacial score (nSPS) is 16.1. The van der Waals surface area contributed by atoms with Crippen LogP contribution in [0.25, 0.3) is 10.9 Å². The van der Waals surface area contributed by atoms with Gasteiger partial charge in [0.25, 0.3) is 0 Å². The summed E-state index contributed by atoms with van der Waals surface area (Å²) in [5.41, 5.74) is 5.10. The second-order valence-electron chi connectivity index (χ2n) is 3.59. The van der Waals surface area contributed by atoms with Crippen molar-refractivity contribution in [2.24, 2.45) is 10.8 Å². The first-order chi connectivity index (χ1) is 8.13. The van der Waals surface area contributed by atoms with Gasteiger partial charge in [-0.25, -0.2) is 13.4 Å². The van der Waals surface area contributed by atoms with E-state index in [0.29, 0.717) is 22.3 Å². The molecule has 0 unspecified atom stereocenters. The quantitative estimate of drug-likeness (QED) is 0.578. The van der Waals surface area contributed by atoms with Gasteiger partial charge in [-0.05, 0) is 18.2 Å². The third-order valence-electron chi connectivity index (χ3n) is 2.63. The number of pyridine rings is 1. The van der Waals surface area contributed by atoms with Crippen molar-refractivity contribution >= 4 is 37.7 Å². The molecule has 1 aromatic heterocycles. The molecule has 17 heavy (non-hydrogen) atoms. The number of benzene rings is 1. The van der Waals surface area contributed by atoms with Gasteiger partial charge in [0.15, 0.2) is 0 Å². The first kappa shape index (κ1) is 10.2. The summed E-state index contributed by atoms with van der Waals surface area (Å²) in [6.45, 7) is 0. The first-order valence-corrected chi connectivity index (χ1v) is 6.35. The molecule has 0 atom stereocenters. The summed E-state index contributed by atoms with van der Waals surface area (Å²) in [5, 5.41) is 0.616. The molecule has 1 aliphatic heterocycles. The minimum absolute atomic E-state index is 0.189. The van der Waals surface area contributed by atoms with E-state index in [4.69, 9.17) is 5.84 Å². The average molecular weight is 248 g/mol. The van der Waals surface area contributed by atoms with Gasteiger partial charge < -0.3 is 5.43 Å². The number of nitrogens with two attached hydrogens (primary N) is 1. The number of fused-ring (bicyclic) bond motifs is 3. The Kier molecular flexibility index (Phi) is 1.95. The zero-order valence-corrected chi connectivity index (χ0v) is 9.40. The van der Waals surface area contributed by atoms with Crippen LogP contribution in [-0.4, -0.2) is 18.9 Å². The predicted molar refractivity (Wildman–Crippen MR) is 64.9 cm³/mol. The van der Waals surface area contributed by atoms with Crippen molar-refractivity contribution in [2.45, 2.75) is 4.90 Å². The van der Waals surface area contributed by atoms with Crippen molar-refractivity contribution in [1.82, 2.24) is 4.98 Å². The van der Waals surface area contributed by atoms with Crippen LogP contribution in [0.15, 0.2) is 34.3 Å². The van der Waals surface area contributed by atoms with Gasteiger partial charge in [-0.3, -0.25) is 10.8 Å². The van der Waals surface area contributed by atoms with Gasteiger partial charge in [0, 0.05) is 6.20 Å². The molecule has 6 nitrogen and oxygen atoms in total. The predicted octanol–water partition coefficient (Wildman–Crippen LogP) is 0.968. The number of aliphatic imine (C=N–C) groups is 1. The van der Waals surface area contributed by atoms with Crippen LogP contribution in [0.3, 0.4) is 0 Å². The smallest absolute Gasteiger partial charge is 0.219 e. The molecule has 2 heterocycles. The van der Waals surface area contributed by atoms with Crippen molar-refractivity contribution in [3.05, 3.63) is 24.4 Å². The Bertz CT molecular complexity index is 752. The van der Waals surface area contributed by atoms with Gasteiger partial charge in [-0.2, -0.15) is 0 Å². The van der Waals surface area contributed by atoms with E-state index in [1.54, 1.807) is 18.3 Å². The van der Waals surface area contributed by atoms with E-state index in [9.17, 15) is 8.42 Å². The summed E-state index contributed by atoms with van der Waals surface area (Å²) < 4.78 is 23.3. The van der Waals surface area contributed by atoms with Crippen LogP contribution in [0.1, 0.15) is 0 Å². The van der Waals surface area contributed by atoms with Crippen molar-refractivity contribution in [3.8, 4) is 0 Å². The van der Waals surface area contributed by atoms with E-state index in [0.717, 1.165) is 5.55 Å². The van der Waals surface area contributed by atoms with Crippen LogP contribution in [0.5, 0.6) is 0 Å². The molecule has 0 aliphatic carbocycles. The van der Waals surface area contributed by atoms with Gasteiger partial charge >= 0.3 is 0 Å². The number of aromatic nitrogens is 1. The molecule has 0 saturated carbocycles. The Hall–Kier alpha value is -1.99. The van der Waals surface area contributed by atoms with Crippen LogP contribution in [0, 0.1) is 0 Å². The maximum absolute atomic E-state index is 11.7. The first-order valence-electron chi connectivity index (χ1n) is 4.81. The SMILES string of the molecule is NNc1ccnc2ccc3c(c12)N=CS3(=O)=O. The van der Waals surface area contributed by atoms with Gasteiger partial charge in [0.05, 0.1) is 27.2 Å². The molecule has 3 rings (SSSR count). The Morgan fingerprint density at radius 2 is 2.06 bits per heavy atom. The number of sulfone groups is 1. The molecule has 0 bridgehead atoms. The lowest BCUT2D eigenvalue weighted by molar-refractivity contribution is 0.609. The van der Waals surface area contributed by atoms with E-state index in [-0.39, 0.29) is 4.90 Å². The number of rotatable bonds is 1. The summed E-state index contributed by atoms with van der Waals surface area (Å²) >= 11 is 0. The van der Waals surface area contributed by atoms with Gasteiger partial charge in [0.2, 0.25) is 9.84 Å². The minimum Gasteiger partial charge on any atom is -0.323 e. The zero-order chi connectivity index (χ0) is 12.0. The van der Waals surface area contributed by atoms with Crippen LogP contribution in [0.2, 0.25) is 0 Å². The lowest BCUT2D eigenvalue weighted by atomic mass is 10.1. The third-order valence-corrected chi connectivity index (χ3v) is 3.95. The highest BCUT2D eigenvalue weighted by molar-refractivity contribution is 8.05. The second kappa shape index (κ2) is 3.25. The largest absolute Gasteiger partial charge is 0.323 e. The number of anilines is 1. The van der Waals surface area contributed by atoms with E-state index >= 15 is 0 Å². The van der Waals surface area contributed by atoms with Gasteiger partial charge in [-0.1, -0.05) is 0 Å². The van der Waals surface area contributed by atoms with E-state index in [1.165, 1.54) is 6.07 Å². The minimum atomic E-state index is -3.41. The summed E-state index contributed by atoms with van der Waals surface area (Å²) in [4.78, 5) is 8.28. The molecular weight excluding hydrogens is 240 g/mol. The molecule has 0 spiro atoms. The number of hydrogen-bond donors (Lipinski definition) is 2. The van der Waals surface area contributed by atoms with E-state index in [1.807, 2.05) is 0 Å². The molecule has 0 radical (unpaired) electrons. The summed E-state index contributed by atoms with van der Waals surface area (Å²) in [7, 11) is -3.41. The van der Waals surface area contributed by atoms with E-state index < -0.39 is 9.84 Å². The maximum Gasteiger partial charge on any atom is 0.219 e. The molecule has 0 fully saturated rings. The lowest BCUT2D eigenvalue weighted by Crippen LogP contribution is -2.07. The van der Waals surface area contributed by atoms with Gasteiger partial charge in [0.1, 0.15) is 5.55 Å². The summed E-state index contributed by atoms with van der Waals surface area (Å²) in [6, 6.07) is 4.82. The van der Waals surface area contributed by atoms with Crippen LogP contribution >= 0.6 is 0 Å². The molecule has 7 heteroatoms. The standard InChI is InChI=1S/C10H8N4O2S/c11-14-7-3-4-12-6-1-2-8-10(9(6)7)13-5-17(8,15)16/h1-5H,11H2,(H,12,14). The fraction of sp³-hybridized carbons (Fsp3) is 0. The van der Waals surface area contributed by atoms with Gasteiger partial charge in [-0.15, -0.1) is 0 Å². The highest BCUT2D eigenvalue weighted by Gasteiger charge is 2.25. The van der Waals surface area contributed by atoms with E-state index in [2.05, 4.69) is 15.4 Å². The maximum atomic E-state index is 11.7. The monoisotopic (exact) mass is 248 g/mol. The number of nitrogens with one attached hydrogen (secondary N) is 1. The molecule has 1 aromatic carbocycles. The number of nitrogen functional groups attached to an aromatic ring is 1. The molecule has 86 valence electrons. The highest BCUT2D eigenvalue weighted by Crippen LogP contribution is 2.39. The molecule has 0 amide bonds. The Morgan fingerprint density at radius 1 is 1.24 bits per heavy atom. The van der Waals surface area contributed by atoms with Crippen LogP contribution in [0.4, 0.5) is 11.4 Å². The summed E-state index contributed by atoms with van der Waals surface area (Å²) in [5.74, 6) is 5.40. The van der Waals surface area contributed by atoms with Crippen molar-refractivity contribution in [2.75, 3.05) is 5.43 Å². The van der Waals surface area contributed by atoms with Crippen molar-refractivity contribution in [3.63, 3.8) is 0 Å². The topological polar surface area (TPSA) is 97.4 Å². The van der Waals surface area contributed by atoms with Crippen molar-refractivity contribution in [1.29, 1.82) is 0 Å². The number of hydrazine groups is 1. The second-order valence-corrected chi connectivity index (χ2v) is 5.33. The number of nitrogens with zero attached hydrogens (tertiary/aromatic N) is 2. The number of hydrogen-bond acceptors (Lipinski definition) is 6. The third kappa shape index (κ3) is 1.33. The van der Waals surface area contributed by atoms with Crippen LogP contribution < -0.4 is 11.3 Å². The summed E-state index contributed by atoms with van der Waals surface area (Å²) in [6.07, 6.45) is 1.59. The Morgan fingerprint density at radius 3 is 2.82 bits per heavy atom. The van der Waals surface area contributed by atoms with Crippen molar-refractivity contribution < 1.29 is 8.42 Å². The molecule has 0 saturated heterocycles. The highest BCUT2D eigenvalue weighted by atomic mass is 32.2. The molecular formula is C10H8N4O2S.